The summed E-state index contributed by atoms with van der Waals surface area (Å²) in [6, 6.07) is 16.8. The highest BCUT2D eigenvalue weighted by atomic mass is 19.4. The van der Waals surface area contributed by atoms with E-state index in [4.69, 9.17) is 10.7 Å². The molecular formula is C37H38F3N5. The number of aliphatic imine (C=N–C) groups is 2. The number of nitrogens with zero attached hydrogens (tertiary/aromatic N) is 3. The summed E-state index contributed by atoms with van der Waals surface area (Å²) in [4.78, 5) is 10.9. The first kappa shape index (κ1) is 30.7. The zero-order chi connectivity index (χ0) is 31.6. The first-order valence-electron chi connectivity index (χ1n) is 15.5. The summed E-state index contributed by atoms with van der Waals surface area (Å²) in [7, 11) is 1.75. The van der Waals surface area contributed by atoms with Crippen molar-refractivity contribution >= 4 is 23.8 Å². The predicted octanol–water partition coefficient (Wildman–Crippen LogP) is 7.60. The summed E-state index contributed by atoms with van der Waals surface area (Å²) in [6.45, 7) is 4.32. The van der Waals surface area contributed by atoms with Crippen molar-refractivity contribution in [2.75, 3.05) is 25.5 Å². The number of hydrogen-bond donors (Lipinski definition) is 2. The van der Waals surface area contributed by atoms with Gasteiger partial charge in [0.1, 0.15) is 0 Å². The topological polar surface area (TPSA) is 66.0 Å². The van der Waals surface area contributed by atoms with Crippen molar-refractivity contribution in [3.63, 3.8) is 0 Å². The third-order valence-corrected chi connectivity index (χ3v) is 9.13. The molecule has 0 aromatic heterocycles. The lowest BCUT2D eigenvalue weighted by Crippen LogP contribution is -2.21. The fraction of sp³-hybridized carbons (Fsp3) is 0.351. The van der Waals surface area contributed by atoms with Crippen molar-refractivity contribution in [1.82, 2.24) is 4.90 Å². The quantitative estimate of drug-likeness (QED) is 0.204. The number of halogens is 3. The van der Waals surface area contributed by atoms with Gasteiger partial charge in [0.2, 0.25) is 0 Å². The monoisotopic (exact) mass is 609 g/mol. The van der Waals surface area contributed by atoms with Crippen LogP contribution in [0.2, 0.25) is 0 Å². The molecule has 3 aromatic rings. The Hall–Kier alpha value is -4.35. The molecule has 0 bridgehead atoms. The van der Waals surface area contributed by atoms with E-state index in [2.05, 4.69) is 45.4 Å². The van der Waals surface area contributed by atoms with Gasteiger partial charge in [0, 0.05) is 55.3 Å². The van der Waals surface area contributed by atoms with E-state index < -0.39 is 11.7 Å². The fourth-order valence-corrected chi connectivity index (χ4v) is 6.62. The van der Waals surface area contributed by atoms with Crippen LogP contribution in [0.25, 0.3) is 0 Å². The molecule has 1 aliphatic carbocycles. The van der Waals surface area contributed by atoms with Crippen LogP contribution in [-0.4, -0.2) is 37.5 Å². The summed E-state index contributed by atoms with van der Waals surface area (Å²) in [5, 5.41) is 3.29. The number of aryl methyl sites for hydroxylation is 1. The van der Waals surface area contributed by atoms with Crippen molar-refractivity contribution in [1.29, 1.82) is 0 Å². The summed E-state index contributed by atoms with van der Waals surface area (Å²) in [5.41, 5.74) is 13.0. The Morgan fingerprint density at radius 2 is 1.91 bits per heavy atom. The standard InChI is InChI=1S/C37H38F3N5/c1-24-5-11-30(43-21-26-7-10-29(23-45-13-3-4-14-45)34(16-26)37(38,39)40)18-28(24)9-6-25-8-12-31-35(17-25)44-22-33-32(36(31)33)15-27(19-41)20-42-2/h5,7-8,10-12,16-20,22,32-33,36,43H,3-4,13-15,21,23,41H2,1-2H3. The van der Waals surface area contributed by atoms with Crippen LogP contribution in [0.3, 0.4) is 0 Å². The van der Waals surface area contributed by atoms with E-state index in [9.17, 15) is 13.2 Å². The Bertz CT molecular complexity index is 1720. The molecule has 0 radical (unpaired) electrons. The van der Waals surface area contributed by atoms with Gasteiger partial charge in [-0.3, -0.25) is 14.9 Å². The molecule has 0 spiro atoms. The van der Waals surface area contributed by atoms with Crippen LogP contribution in [0.15, 0.2) is 76.4 Å². The minimum atomic E-state index is -4.39. The molecule has 3 aromatic carbocycles. The van der Waals surface area contributed by atoms with Gasteiger partial charge < -0.3 is 11.1 Å². The van der Waals surface area contributed by atoms with E-state index in [1.807, 2.05) is 37.4 Å². The largest absolute Gasteiger partial charge is 0.416 e. The van der Waals surface area contributed by atoms with Crippen molar-refractivity contribution < 1.29 is 13.2 Å². The Balaban J connectivity index is 1.13. The predicted molar refractivity (Wildman–Crippen MR) is 176 cm³/mol. The lowest BCUT2D eigenvalue weighted by Gasteiger charge is -2.20. The first-order valence-corrected chi connectivity index (χ1v) is 15.5. The van der Waals surface area contributed by atoms with Gasteiger partial charge in [-0.25, -0.2) is 0 Å². The molecule has 8 heteroatoms. The molecule has 1 saturated carbocycles. The van der Waals surface area contributed by atoms with E-state index in [0.717, 1.165) is 66.0 Å². The number of alkyl halides is 3. The lowest BCUT2D eigenvalue weighted by atomic mass is 10.0. The van der Waals surface area contributed by atoms with Gasteiger partial charge >= 0.3 is 6.18 Å². The number of nitrogens with two attached hydrogens (primary N) is 1. The summed E-state index contributed by atoms with van der Waals surface area (Å²) < 4.78 is 41.8. The van der Waals surface area contributed by atoms with Crippen LogP contribution in [0, 0.1) is 30.6 Å². The number of fused-ring (bicyclic) bond motifs is 3. The van der Waals surface area contributed by atoms with Gasteiger partial charge in [0.05, 0.1) is 11.3 Å². The van der Waals surface area contributed by atoms with Gasteiger partial charge in [-0.05, 0) is 115 Å². The molecule has 1 saturated heterocycles. The van der Waals surface area contributed by atoms with E-state index in [1.165, 1.54) is 11.6 Å². The van der Waals surface area contributed by atoms with Crippen LogP contribution >= 0.6 is 0 Å². The minimum absolute atomic E-state index is 0.281. The van der Waals surface area contributed by atoms with Gasteiger partial charge in [0.15, 0.2) is 0 Å². The fourth-order valence-electron chi connectivity index (χ4n) is 6.62. The van der Waals surface area contributed by atoms with Crippen LogP contribution in [-0.2, 0) is 19.3 Å². The second kappa shape index (κ2) is 12.9. The maximum Gasteiger partial charge on any atom is 0.416 e. The van der Waals surface area contributed by atoms with Crippen LogP contribution in [0.4, 0.5) is 24.5 Å². The van der Waals surface area contributed by atoms with Gasteiger partial charge in [-0.15, -0.1) is 0 Å². The molecule has 3 atom stereocenters. The Morgan fingerprint density at radius 1 is 1.09 bits per heavy atom. The molecule has 45 heavy (non-hydrogen) atoms. The Kier molecular flexibility index (Phi) is 8.82. The maximum atomic E-state index is 13.9. The SMILES string of the molecule is CN=CC(=CN)CC1C2C=Nc3cc(C#Cc4cc(NCc5ccc(CN6CCCC6)c(C(F)(F)F)c5)ccc4C)ccc3C21. The zero-order valence-corrected chi connectivity index (χ0v) is 25.7. The van der Waals surface area contributed by atoms with Crippen molar-refractivity contribution in [3.05, 3.63) is 105 Å². The van der Waals surface area contributed by atoms with Crippen molar-refractivity contribution in [2.24, 2.45) is 27.6 Å². The number of benzene rings is 3. The van der Waals surface area contributed by atoms with E-state index >= 15 is 0 Å². The second-order valence-corrected chi connectivity index (χ2v) is 12.3. The normalized spacial score (nSPS) is 20.9. The molecule has 3 N–H and O–H groups in total. The highest BCUT2D eigenvalue weighted by molar-refractivity contribution is 5.81. The average Bonchev–Trinajstić information content (AvgIpc) is 3.47. The van der Waals surface area contributed by atoms with Gasteiger partial charge in [0.25, 0.3) is 0 Å². The summed E-state index contributed by atoms with van der Waals surface area (Å²) >= 11 is 0. The summed E-state index contributed by atoms with van der Waals surface area (Å²) in [5.74, 6) is 7.93. The third kappa shape index (κ3) is 6.99. The average molecular weight is 610 g/mol. The number of allylic oxidation sites excluding steroid dienone is 1. The molecule has 2 heterocycles. The third-order valence-electron chi connectivity index (χ3n) is 9.13. The molecule has 3 aliphatic rings. The van der Waals surface area contributed by atoms with E-state index in [1.54, 1.807) is 25.4 Å². The molecule has 0 amide bonds. The van der Waals surface area contributed by atoms with E-state index in [-0.39, 0.29) is 6.54 Å². The zero-order valence-electron chi connectivity index (χ0n) is 25.7. The molecule has 5 nitrogen and oxygen atoms in total. The Morgan fingerprint density at radius 3 is 2.67 bits per heavy atom. The number of hydrogen-bond acceptors (Lipinski definition) is 5. The molecule has 2 fully saturated rings. The highest BCUT2D eigenvalue weighted by Gasteiger charge is 2.52. The molecule has 3 unspecified atom stereocenters. The van der Waals surface area contributed by atoms with E-state index in [0.29, 0.717) is 35.4 Å². The summed E-state index contributed by atoms with van der Waals surface area (Å²) in [6.07, 6.45) is 4.09. The highest BCUT2D eigenvalue weighted by Crippen LogP contribution is 2.59. The van der Waals surface area contributed by atoms with Crippen molar-refractivity contribution in [3.8, 4) is 11.8 Å². The lowest BCUT2D eigenvalue weighted by molar-refractivity contribution is -0.138. The van der Waals surface area contributed by atoms with Gasteiger partial charge in [-0.2, -0.15) is 13.2 Å². The second-order valence-electron chi connectivity index (χ2n) is 12.3. The number of anilines is 1. The van der Waals surface area contributed by atoms with Crippen molar-refractivity contribution in [2.45, 2.75) is 51.4 Å². The number of likely N-dealkylation sites (tertiary alicyclic amines) is 1. The smallest absolute Gasteiger partial charge is 0.404 e. The van der Waals surface area contributed by atoms with Crippen LogP contribution in [0.5, 0.6) is 0 Å². The first-order chi connectivity index (χ1) is 21.7. The molecule has 6 rings (SSSR count). The Labute approximate surface area is 263 Å². The van der Waals surface area contributed by atoms with Crippen LogP contribution in [0.1, 0.15) is 64.1 Å². The number of nitrogens with one attached hydrogen (secondary N) is 1. The van der Waals surface area contributed by atoms with Crippen LogP contribution < -0.4 is 11.1 Å². The minimum Gasteiger partial charge on any atom is -0.404 e. The number of rotatable bonds is 8. The molecular weight excluding hydrogens is 571 g/mol. The molecule has 232 valence electrons. The maximum absolute atomic E-state index is 13.9. The molecule has 2 aliphatic heterocycles. The van der Waals surface area contributed by atoms with Gasteiger partial charge in [-0.1, -0.05) is 36.1 Å².